The number of rotatable bonds is 7. The Balaban J connectivity index is 1.85. The lowest BCUT2D eigenvalue weighted by Crippen LogP contribution is -2.50. The van der Waals surface area contributed by atoms with Gasteiger partial charge in [0.25, 0.3) is 5.91 Å². The van der Waals surface area contributed by atoms with Crippen LogP contribution in [0.25, 0.3) is 0 Å². The van der Waals surface area contributed by atoms with Gasteiger partial charge in [0.1, 0.15) is 24.2 Å². The largest absolute Gasteiger partial charge is 0.510 e. The van der Waals surface area contributed by atoms with E-state index < -0.39 is 6.04 Å². The Kier molecular flexibility index (Phi) is 7.57. The molecule has 1 fully saturated rings. The zero-order chi connectivity index (χ0) is 20.7. The Morgan fingerprint density at radius 2 is 1.89 bits per heavy atom. The molecule has 2 amide bonds. The van der Waals surface area contributed by atoms with Gasteiger partial charge in [0.15, 0.2) is 0 Å². The summed E-state index contributed by atoms with van der Waals surface area (Å²) in [6.07, 6.45) is 1.36. The number of likely N-dealkylation sites (tertiary alicyclic amines) is 1. The zero-order valence-electron chi connectivity index (χ0n) is 16.4. The van der Waals surface area contributed by atoms with Crippen LogP contribution in [0.1, 0.15) is 35.7 Å². The summed E-state index contributed by atoms with van der Waals surface area (Å²) in [7, 11) is 1.60. The summed E-state index contributed by atoms with van der Waals surface area (Å²) in [5.74, 6) is -0.0600. The van der Waals surface area contributed by atoms with Gasteiger partial charge < -0.3 is 25.8 Å². The van der Waals surface area contributed by atoms with Gasteiger partial charge >= 0.3 is 0 Å². The van der Waals surface area contributed by atoms with Crippen molar-refractivity contribution >= 4 is 17.6 Å². The molecule has 0 aromatic heterocycles. The van der Waals surface area contributed by atoms with Gasteiger partial charge in [-0.25, -0.2) is 0 Å². The van der Waals surface area contributed by atoms with Crippen LogP contribution in [0.4, 0.5) is 0 Å². The number of nitrogens with two attached hydrogens (primary N) is 1. The lowest BCUT2D eigenvalue weighted by atomic mass is 10.1. The molecular formula is C20H28N4O4. The second-order valence-corrected chi connectivity index (χ2v) is 6.78. The number of benzene rings is 1. The van der Waals surface area contributed by atoms with Gasteiger partial charge in [-0.05, 0) is 31.9 Å². The van der Waals surface area contributed by atoms with Crippen molar-refractivity contribution in [3.63, 3.8) is 0 Å². The molecule has 1 atom stereocenters. The molecule has 28 heavy (non-hydrogen) atoms. The van der Waals surface area contributed by atoms with Gasteiger partial charge in [-0.1, -0.05) is 18.7 Å². The van der Waals surface area contributed by atoms with Crippen molar-refractivity contribution in [1.29, 1.82) is 0 Å². The van der Waals surface area contributed by atoms with Crippen LogP contribution in [0, 0.1) is 0 Å². The van der Waals surface area contributed by atoms with Crippen LogP contribution < -0.4 is 11.1 Å². The fourth-order valence-electron chi connectivity index (χ4n) is 2.99. The fraction of sp³-hybridized carbons (Fsp3) is 0.450. The van der Waals surface area contributed by atoms with E-state index in [0.717, 1.165) is 5.56 Å². The first-order valence-electron chi connectivity index (χ1n) is 9.22. The number of nitrogens with one attached hydrogen (secondary N) is 1. The van der Waals surface area contributed by atoms with E-state index in [1.54, 1.807) is 43.1 Å². The fourth-order valence-corrected chi connectivity index (χ4v) is 2.99. The van der Waals surface area contributed by atoms with Crippen LogP contribution in [0.15, 0.2) is 41.6 Å². The SMILES string of the molecule is C=C(O)COC1CCN(C(=O)[C@H](C)NC(=O)c2ccc(C(N)=NC)cc2)CC1. The molecule has 1 aromatic rings. The Bertz CT molecular complexity index is 737. The molecule has 1 aliphatic heterocycles. The number of aliphatic hydroxyl groups is 1. The summed E-state index contributed by atoms with van der Waals surface area (Å²) in [4.78, 5) is 30.6. The number of ether oxygens (including phenoxy) is 1. The van der Waals surface area contributed by atoms with Crippen LogP contribution in [0.5, 0.6) is 0 Å². The molecule has 1 aromatic carbocycles. The molecule has 1 saturated heterocycles. The van der Waals surface area contributed by atoms with Crippen molar-refractivity contribution in [3.8, 4) is 0 Å². The Morgan fingerprint density at radius 1 is 1.32 bits per heavy atom. The van der Waals surface area contributed by atoms with E-state index in [-0.39, 0.29) is 30.3 Å². The van der Waals surface area contributed by atoms with Gasteiger partial charge in [0.2, 0.25) is 5.91 Å². The predicted octanol–water partition coefficient (Wildman–Crippen LogP) is 1.22. The number of piperidine rings is 1. The highest BCUT2D eigenvalue weighted by molar-refractivity contribution is 6.00. The van der Waals surface area contributed by atoms with Crippen molar-refractivity contribution in [2.24, 2.45) is 10.7 Å². The molecule has 0 unspecified atom stereocenters. The maximum absolute atomic E-state index is 12.6. The van der Waals surface area contributed by atoms with Crippen LogP contribution in [0.3, 0.4) is 0 Å². The van der Waals surface area contributed by atoms with Gasteiger partial charge in [-0.2, -0.15) is 0 Å². The van der Waals surface area contributed by atoms with Crippen molar-refractivity contribution < 1.29 is 19.4 Å². The smallest absolute Gasteiger partial charge is 0.251 e. The van der Waals surface area contributed by atoms with Gasteiger partial charge in [-0.15, -0.1) is 0 Å². The minimum Gasteiger partial charge on any atom is -0.510 e. The predicted molar refractivity (Wildman–Crippen MR) is 107 cm³/mol. The number of amidine groups is 1. The first-order valence-corrected chi connectivity index (χ1v) is 9.22. The summed E-state index contributed by atoms with van der Waals surface area (Å²) in [5, 5.41) is 11.8. The van der Waals surface area contributed by atoms with Gasteiger partial charge in [0, 0.05) is 31.3 Å². The van der Waals surface area contributed by atoms with E-state index in [1.807, 2.05) is 0 Å². The molecule has 0 aliphatic carbocycles. The number of nitrogens with zero attached hydrogens (tertiary/aromatic N) is 2. The van der Waals surface area contributed by atoms with E-state index in [2.05, 4.69) is 16.9 Å². The van der Waals surface area contributed by atoms with Crippen molar-refractivity contribution in [1.82, 2.24) is 10.2 Å². The van der Waals surface area contributed by atoms with E-state index in [0.29, 0.717) is 37.3 Å². The quantitative estimate of drug-likeness (QED) is 0.369. The molecule has 0 bridgehead atoms. The van der Waals surface area contributed by atoms with Crippen LogP contribution >= 0.6 is 0 Å². The highest BCUT2D eigenvalue weighted by Gasteiger charge is 2.27. The summed E-state index contributed by atoms with van der Waals surface area (Å²) in [6.45, 7) is 6.27. The maximum atomic E-state index is 12.6. The zero-order valence-corrected chi connectivity index (χ0v) is 16.4. The molecule has 8 heteroatoms. The van der Waals surface area contributed by atoms with Crippen molar-refractivity contribution in [2.45, 2.75) is 31.9 Å². The number of carbonyl (C=O) groups is 2. The average molecular weight is 388 g/mol. The van der Waals surface area contributed by atoms with Gasteiger partial charge in [-0.3, -0.25) is 14.6 Å². The lowest BCUT2D eigenvalue weighted by Gasteiger charge is -2.33. The number of hydrogen-bond donors (Lipinski definition) is 3. The average Bonchev–Trinajstić information content (AvgIpc) is 2.71. The highest BCUT2D eigenvalue weighted by atomic mass is 16.5. The first kappa shape index (κ1) is 21.4. The third kappa shape index (κ3) is 5.82. The second-order valence-electron chi connectivity index (χ2n) is 6.78. The molecule has 1 aliphatic rings. The number of hydrogen-bond acceptors (Lipinski definition) is 5. The second kappa shape index (κ2) is 9.89. The minimum absolute atomic E-state index is 0.00421. The summed E-state index contributed by atoms with van der Waals surface area (Å²) in [5.41, 5.74) is 6.92. The summed E-state index contributed by atoms with van der Waals surface area (Å²) in [6, 6.07) is 6.10. The van der Waals surface area contributed by atoms with E-state index >= 15 is 0 Å². The Hall–Kier alpha value is -2.87. The number of amides is 2. The monoisotopic (exact) mass is 388 g/mol. The van der Waals surface area contributed by atoms with Crippen LogP contribution in [-0.2, 0) is 9.53 Å². The summed E-state index contributed by atoms with van der Waals surface area (Å²) < 4.78 is 5.52. The third-order valence-corrected chi connectivity index (χ3v) is 4.64. The third-order valence-electron chi connectivity index (χ3n) is 4.64. The van der Waals surface area contributed by atoms with E-state index in [9.17, 15) is 9.59 Å². The first-order chi connectivity index (χ1) is 13.3. The molecule has 0 saturated carbocycles. The molecule has 0 radical (unpaired) electrons. The molecule has 4 N–H and O–H groups in total. The minimum atomic E-state index is -0.635. The van der Waals surface area contributed by atoms with Crippen LogP contribution in [-0.4, -0.2) is 66.5 Å². The van der Waals surface area contributed by atoms with Gasteiger partial charge in [0.05, 0.1) is 6.10 Å². The van der Waals surface area contributed by atoms with E-state index in [4.69, 9.17) is 15.6 Å². The molecule has 152 valence electrons. The lowest BCUT2D eigenvalue weighted by molar-refractivity contribution is -0.135. The van der Waals surface area contributed by atoms with Crippen LogP contribution in [0.2, 0.25) is 0 Å². The number of carbonyl (C=O) groups excluding carboxylic acids is 2. The summed E-state index contributed by atoms with van der Waals surface area (Å²) >= 11 is 0. The Labute approximate surface area is 165 Å². The molecule has 1 heterocycles. The topological polar surface area (TPSA) is 117 Å². The maximum Gasteiger partial charge on any atom is 0.251 e. The van der Waals surface area contributed by atoms with Crippen molar-refractivity contribution in [3.05, 3.63) is 47.7 Å². The molecular weight excluding hydrogens is 360 g/mol. The highest BCUT2D eigenvalue weighted by Crippen LogP contribution is 2.15. The molecule has 0 spiro atoms. The Morgan fingerprint density at radius 3 is 2.43 bits per heavy atom. The van der Waals surface area contributed by atoms with Crippen molar-refractivity contribution in [2.75, 3.05) is 26.7 Å². The molecule has 2 rings (SSSR count). The number of aliphatic imine (C=N–C) groups is 1. The molecule has 8 nitrogen and oxygen atoms in total. The normalized spacial score (nSPS) is 16.5. The van der Waals surface area contributed by atoms with E-state index in [1.165, 1.54) is 0 Å². The standard InChI is InChI=1S/C20H28N4O4/c1-13(25)12-28-17-8-10-24(11-9-17)20(27)14(2)23-19(26)16-6-4-15(5-7-16)18(21)22-3/h4-7,14,17,25H,1,8-12H2,2-3H3,(H2,21,22)(H,23,26)/t14-/m0/s1. The number of aliphatic hydroxyl groups excluding tert-OH is 1.